The summed E-state index contributed by atoms with van der Waals surface area (Å²) >= 11 is 0. The van der Waals surface area contributed by atoms with Crippen molar-refractivity contribution in [2.24, 2.45) is 0 Å². The highest BCUT2D eigenvalue weighted by Gasteiger charge is 2.53. The Morgan fingerprint density at radius 3 is 1.98 bits per heavy atom. The summed E-state index contributed by atoms with van der Waals surface area (Å²) in [6.45, 7) is 0. The molecule has 2 aliphatic rings. The number of benzene rings is 6. The molecule has 0 radical (unpaired) electrons. The van der Waals surface area contributed by atoms with Crippen molar-refractivity contribution in [3.63, 3.8) is 0 Å². The molecule has 1 atom stereocenters. The van der Waals surface area contributed by atoms with E-state index in [4.69, 9.17) is 1.37 Å². The van der Waals surface area contributed by atoms with Crippen molar-refractivity contribution >= 4 is 37.2 Å². The summed E-state index contributed by atoms with van der Waals surface area (Å²) in [5.74, 6) is 4.44. The summed E-state index contributed by atoms with van der Waals surface area (Å²) < 4.78 is 25.8. The number of hydrogen-bond acceptors (Lipinski definition) is 1. The van der Waals surface area contributed by atoms with Crippen LogP contribution in [0.15, 0.2) is 149 Å². The average Bonchev–Trinajstić information content (AvgIpc) is 3.51. The summed E-state index contributed by atoms with van der Waals surface area (Å²) in [5.41, 5.74) is 9.15. The van der Waals surface area contributed by atoms with Crippen LogP contribution in [0.4, 0.5) is 0 Å². The molecule has 0 bridgehead atoms. The summed E-state index contributed by atoms with van der Waals surface area (Å²) in [5, 5.41) is 2.05. The second kappa shape index (κ2) is 7.87. The molecule has 1 aliphatic carbocycles. The van der Waals surface area contributed by atoms with Gasteiger partial charge >= 0.3 is 0 Å². The third kappa shape index (κ3) is 2.67. The summed E-state index contributed by atoms with van der Waals surface area (Å²) in [7, 11) is -2.86. The molecule has 6 aromatic carbocycles. The van der Waals surface area contributed by atoms with Crippen LogP contribution in [0.3, 0.4) is 0 Å². The molecule has 9 rings (SSSR count). The fourth-order valence-corrected chi connectivity index (χ4v) is 9.55. The Kier molecular flexibility index (Phi) is 4.20. The van der Waals surface area contributed by atoms with Crippen molar-refractivity contribution < 1.29 is 5.58 Å². The zero-order valence-corrected chi connectivity index (χ0v) is 23.0. The molecule has 0 saturated carbocycles. The molecule has 0 amide bonds. The molecule has 1 aromatic heterocycles. The van der Waals surface area contributed by atoms with Gasteiger partial charge in [-0.05, 0) is 64.0 Å². The van der Waals surface area contributed by atoms with Crippen LogP contribution >= 0.6 is 0 Å². The maximum atomic E-state index is 15.0. The minimum absolute atomic E-state index is 0.463. The lowest BCUT2D eigenvalue weighted by Crippen LogP contribution is -2.36. The number of fused-ring (bicyclic) bond motifs is 13. The van der Waals surface area contributed by atoms with E-state index in [9.17, 15) is 0 Å². The van der Waals surface area contributed by atoms with Gasteiger partial charge in [0.1, 0.15) is 0 Å². The number of para-hydroxylation sites is 2. The molecule has 1 unspecified atom stereocenters. The van der Waals surface area contributed by atoms with Crippen molar-refractivity contribution in [1.29, 1.82) is 0 Å². The Morgan fingerprint density at radius 1 is 0.610 bits per heavy atom. The summed E-state index contributed by atoms with van der Waals surface area (Å²) in [6, 6.07) is 46.3. The highest BCUT2D eigenvalue weighted by atomic mass is 32.2. The lowest BCUT2D eigenvalue weighted by atomic mass is 9.67. The second-order valence-corrected chi connectivity index (χ2v) is 13.2. The minimum Gasteiger partial charge on any atom is -0.309 e. The first-order valence-corrected chi connectivity index (χ1v) is 15.6. The van der Waals surface area contributed by atoms with Gasteiger partial charge in [0, 0.05) is 41.3 Å². The Balaban J connectivity index is 1.62. The largest absolute Gasteiger partial charge is 0.309 e. The topological polar surface area (TPSA) is 22.0 Å². The lowest BCUT2D eigenvalue weighted by molar-refractivity contribution is 0.659. The molecule has 194 valence electrons. The highest BCUT2D eigenvalue weighted by molar-refractivity contribution is 8.00. The SMILES string of the molecule is [2H]c1ccc2c(c1)c1ccc3c(c1n2-c1ccccc1)C1(c2ccccc2-c2ccccc21)c1ccccc1S3(=C)=O. The fraction of sp³-hybridized carbons (Fsp3) is 0.0263. The molecule has 0 saturated heterocycles. The van der Waals surface area contributed by atoms with Crippen LogP contribution in [-0.2, 0) is 14.9 Å². The van der Waals surface area contributed by atoms with Crippen LogP contribution in [0.2, 0.25) is 0 Å². The molecular weight excluding hydrogens is 518 g/mol. The summed E-state index contributed by atoms with van der Waals surface area (Å²) in [4.78, 5) is 1.56. The van der Waals surface area contributed by atoms with Gasteiger partial charge in [-0.15, -0.1) is 0 Å². The van der Waals surface area contributed by atoms with Crippen molar-refractivity contribution in [2.75, 3.05) is 0 Å². The van der Waals surface area contributed by atoms with Gasteiger partial charge in [0.05, 0.1) is 17.8 Å². The molecule has 0 N–H and O–H groups in total. The van der Waals surface area contributed by atoms with Crippen molar-refractivity contribution in [3.8, 4) is 16.8 Å². The molecule has 1 aliphatic heterocycles. The number of rotatable bonds is 1. The zero-order valence-electron chi connectivity index (χ0n) is 23.2. The Morgan fingerprint density at radius 2 is 1.24 bits per heavy atom. The van der Waals surface area contributed by atoms with Crippen molar-refractivity contribution in [2.45, 2.75) is 15.2 Å². The van der Waals surface area contributed by atoms with E-state index in [0.29, 0.717) is 6.04 Å². The summed E-state index contributed by atoms with van der Waals surface area (Å²) in [6.07, 6.45) is 0. The van der Waals surface area contributed by atoms with E-state index in [0.717, 1.165) is 48.4 Å². The van der Waals surface area contributed by atoms with Crippen LogP contribution in [0.25, 0.3) is 38.6 Å². The second-order valence-electron chi connectivity index (χ2n) is 11.0. The van der Waals surface area contributed by atoms with Gasteiger partial charge in [-0.3, -0.25) is 4.21 Å². The average molecular weight is 545 g/mol. The monoisotopic (exact) mass is 544 g/mol. The molecule has 41 heavy (non-hydrogen) atoms. The third-order valence-electron chi connectivity index (χ3n) is 9.08. The van der Waals surface area contributed by atoms with Gasteiger partial charge in [0.2, 0.25) is 0 Å². The van der Waals surface area contributed by atoms with Gasteiger partial charge in [0.25, 0.3) is 0 Å². The van der Waals surface area contributed by atoms with Gasteiger partial charge in [-0.25, -0.2) is 0 Å². The van der Waals surface area contributed by atoms with E-state index in [-0.39, 0.29) is 0 Å². The first-order valence-electron chi connectivity index (χ1n) is 14.3. The first-order chi connectivity index (χ1) is 20.5. The van der Waals surface area contributed by atoms with Crippen LogP contribution in [0, 0.1) is 0 Å². The third-order valence-corrected chi connectivity index (χ3v) is 11.2. The van der Waals surface area contributed by atoms with E-state index in [1.54, 1.807) is 0 Å². The molecule has 2 heterocycles. The maximum absolute atomic E-state index is 15.0. The molecule has 3 heteroatoms. The molecule has 2 nitrogen and oxygen atoms in total. The van der Waals surface area contributed by atoms with E-state index < -0.39 is 14.9 Å². The van der Waals surface area contributed by atoms with Gasteiger partial charge < -0.3 is 4.57 Å². The van der Waals surface area contributed by atoms with E-state index >= 15 is 4.21 Å². The quantitative estimate of drug-likeness (QED) is 0.190. The van der Waals surface area contributed by atoms with Gasteiger partial charge in [-0.2, -0.15) is 0 Å². The number of nitrogens with zero attached hydrogens (tertiary/aromatic N) is 1. The highest BCUT2D eigenvalue weighted by Crippen LogP contribution is 2.62. The van der Waals surface area contributed by atoms with Crippen molar-refractivity contribution in [1.82, 2.24) is 4.57 Å². The first kappa shape index (κ1) is 21.9. The van der Waals surface area contributed by atoms with Crippen molar-refractivity contribution in [3.05, 3.63) is 162 Å². The molecule has 0 fully saturated rings. The van der Waals surface area contributed by atoms with Gasteiger partial charge in [0.15, 0.2) is 0 Å². The maximum Gasteiger partial charge on any atom is 0.0757 e. The smallest absolute Gasteiger partial charge is 0.0757 e. The van der Waals surface area contributed by atoms with E-state index in [1.165, 1.54) is 22.3 Å². The normalized spacial score (nSPS) is 18.1. The van der Waals surface area contributed by atoms with Crippen LogP contribution in [0.5, 0.6) is 0 Å². The molecular formula is C38H25NOS. The van der Waals surface area contributed by atoms with Crippen LogP contribution in [-0.4, -0.2) is 14.6 Å². The van der Waals surface area contributed by atoms with E-state index in [2.05, 4.69) is 101 Å². The minimum atomic E-state index is -2.86. The van der Waals surface area contributed by atoms with Crippen LogP contribution in [0.1, 0.15) is 23.6 Å². The van der Waals surface area contributed by atoms with Gasteiger partial charge in [-0.1, -0.05) is 109 Å². The Labute approximate surface area is 240 Å². The standard InChI is InChI=1S/C38H25NOS/c1-41(40)34-22-12-10-20-32(34)38(30-18-8-5-15-26(30)27-16-6-9-19-31(27)38)36-35(41)24-23-29-28-17-7-11-21-33(28)39(37(29)36)25-13-3-2-4-14-25/h2-24H,1H2/i7D. The lowest BCUT2D eigenvalue weighted by Gasteiger charge is -2.41. The number of hydrogen-bond donors (Lipinski definition) is 0. The Bertz CT molecular complexity index is 2340. The van der Waals surface area contributed by atoms with Crippen LogP contribution < -0.4 is 0 Å². The molecule has 7 aromatic rings. The predicted molar refractivity (Wildman–Crippen MR) is 170 cm³/mol. The fourth-order valence-electron chi connectivity index (χ4n) is 7.57. The zero-order chi connectivity index (χ0) is 28.2. The number of aromatic nitrogens is 1. The van der Waals surface area contributed by atoms with E-state index in [1.807, 2.05) is 42.5 Å². The Hall–Kier alpha value is -4.86. The predicted octanol–water partition coefficient (Wildman–Crippen LogP) is 8.59. The molecule has 1 spiro atoms.